The number of piperidine rings is 1. The number of esters is 1. The van der Waals surface area contributed by atoms with Gasteiger partial charge in [0.2, 0.25) is 0 Å². The molecule has 0 bridgehead atoms. The number of hydrogen-bond donors (Lipinski definition) is 0. The lowest BCUT2D eigenvalue weighted by molar-refractivity contribution is 0.0526. The van der Waals surface area contributed by atoms with Crippen LogP contribution in [0.15, 0.2) is 30.7 Å². The molecule has 0 N–H and O–H groups in total. The Bertz CT molecular complexity index is 636. The maximum absolute atomic E-state index is 12.1. The highest BCUT2D eigenvalue weighted by molar-refractivity contribution is 5.94. The highest BCUT2D eigenvalue weighted by Gasteiger charge is 2.24. The van der Waals surface area contributed by atoms with Gasteiger partial charge in [-0.1, -0.05) is 5.21 Å². The van der Waals surface area contributed by atoms with E-state index in [1.165, 1.54) is 0 Å². The van der Waals surface area contributed by atoms with E-state index in [9.17, 15) is 4.79 Å². The van der Waals surface area contributed by atoms with Gasteiger partial charge in [0.05, 0.1) is 12.8 Å². The van der Waals surface area contributed by atoms with E-state index in [4.69, 9.17) is 4.74 Å². The molecule has 0 atom stereocenters. The molecule has 0 aromatic carbocycles. The first kappa shape index (κ1) is 15.5. The third-order valence-electron chi connectivity index (χ3n) is 4.11. The van der Waals surface area contributed by atoms with Gasteiger partial charge in [0.25, 0.3) is 0 Å². The molecule has 1 aliphatic heterocycles. The number of nitrogens with zero attached hydrogens (tertiary/aromatic N) is 5. The summed E-state index contributed by atoms with van der Waals surface area (Å²) in [5, 5.41) is 7.86. The molecule has 0 spiro atoms. The number of pyridine rings is 1. The number of rotatable bonds is 5. The van der Waals surface area contributed by atoms with Crippen LogP contribution >= 0.6 is 0 Å². The largest absolute Gasteiger partial charge is 0.462 e. The fraction of sp³-hybridized carbons (Fsp3) is 0.500. The zero-order chi connectivity index (χ0) is 16.1. The van der Waals surface area contributed by atoms with Crippen molar-refractivity contribution in [2.24, 2.45) is 5.92 Å². The summed E-state index contributed by atoms with van der Waals surface area (Å²) in [5.74, 6) is 0.994. The van der Waals surface area contributed by atoms with Crippen molar-refractivity contribution in [1.82, 2.24) is 20.0 Å². The molecule has 3 heterocycles. The third-order valence-corrected chi connectivity index (χ3v) is 4.11. The van der Waals surface area contributed by atoms with Crippen LogP contribution in [0.2, 0.25) is 0 Å². The van der Waals surface area contributed by atoms with Crippen LogP contribution in [0.1, 0.15) is 30.1 Å². The van der Waals surface area contributed by atoms with Crippen molar-refractivity contribution in [3.8, 4) is 0 Å². The summed E-state index contributed by atoms with van der Waals surface area (Å²) < 4.78 is 7.01. The Hall–Kier alpha value is -2.44. The highest BCUT2D eigenvalue weighted by atomic mass is 16.5. The van der Waals surface area contributed by atoms with E-state index in [2.05, 4.69) is 20.2 Å². The minimum atomic E-state index is -0.305. The van der Waals surface area contributed by atoms with E-state index < -0.39 is 0 Å². The van der Waals surface area contributed by atoms with E-state index in [1.807, 2.05) is 17.8 Å². The molecule has 0 aliphatic carbocycles. The summed E-state index contributed by atoms with van der Waals surface area (Å²) in [6, 6.07) is 3.55. The topological polar surface area (TPSA) is 73.1 Å². The molecule has 23 heavy (non-hydrogen) atoms. The molecule has 0 unspecified atom stereocenters. The van der Waals surface area contributed by atoms with Gasteiger partial charge in [-0.05, 0) is 37.8 Å². The van der Waals surface area contributed by atoms with Gasteiger partial charge in [0, 0.05) is 32.0 Å². The van der Waals surface area contributed by atoms with Crippen molar-refractivity contribution in [2.45, 2.75) is 26.3 Å². The number of carbonyl (C=O) groups is 1. The molecule has 2 aromatic rings. The molecule has 7 heteroatoms. The van der Waals surface area contributed by atoms with E-state index in [0.29, 0.717) is 18.1 Å². The number of hydrogen-bond acceptors (Lipinski definition) is 6. The molecule has 7 nitrogen and oxygen atoms in total. The molecule has 0 radical (unpaired) electrons. The first-order valence-electron chi connectivity index (χ1n) is 7.99. The van der Waals surface area contributed by atoms with Crippen LogP contribution < -0.4 is 4.90 Å². The molecule has 2 aromatic heterocycles. The number of carbonyl (C=O) groups excluding carboxylic acids is 1. The normalized spacial score (nSPS) is 15.6. The highest BCUT2D eigenvalue weighted by Crippen LogP contribution is 2.25. The molecular formula is C16H21N5O2. The minimum absolute atomic E-state index is 0.305. The Morgan fingerprint density at radius 3 is 2.87 bits per heavy atom. The molecule has 1 saturated heterocycles. The monoisotopic (exact) mass is 315 g/mol. The maximum atomic E-state index is 12.1. The fourth-order valence-electron chi connectivity index (χ4n) is 2.94. The Morgan fingerprint density at radius 2 is 2.17 bits per heavy atom. The predicted octanol–water partition coefficient (Wildman–Crippen LogP) is 1.77. The van der Waals surface area contributed by atoms with Gasteiger partial charge in [-0.25, -0.2) is 9.78 Å². The summed E-state index contributed by atoms with van der Waals surface area (Å²) in [6.45, 7) is 4.82. The summed E-state index contributed by atoms with van der Waals surface area (Å²) in [7, 11) is 0. The molecule has 122 valence electrons. The standard InChI is InChI=1S/C16H21N5O2/c1-2-23-16(22)14-4-3-7-17-15(14)20-9-5-13(6-10-20)12-21-11-8-18-19-21/h3-4,7-8,11,13H,2,5-6,9-10,12H2,1H3. The van der Waals surface area contributed by atoms with E-state index in [1.54, 1.807) is 24.5 Å². The lowest BCUT2D eigenvalue weighted by atomic mass is 9.96. The van der Waals surface area contributed by atoms with Gasteiger partial charge in [-0.2, -0.15) is 0 Å². The van der Waals surface area contributed by atoms with E-state index >= 15 is 0 Å². The molecule has 0 amide bonds. The average Bonchev–Trinajstić information content (AvgIpc) is 3.09. The Kier molecular flexibility index (Phi) is 4.85. The van der Waals surface area contributed by atoms with Gasteiger partial charge in [-0.15, -0.1) is 5.10 Å². The first-order valence-corrected chi connectivity index (χ1v) is 7.99. The summed E-state index contributed by atoms with van der Waals surface area (Å²) in [5.41, 5.74) is 0.545. The average molecular weight is 315 g/mol. The molecule has 3 rings (SSSR count). The number of ether oxygens (including phenoxy) is 1. The molecule has 1 fully saturated rings. The van der Waals surface area contributed by atoms with Crippen LogP contribution in [-0.2, 0) is 11.3 Å². The smallest absolute Gasteiger partial charge is 0.341 e. The number of aromatic nitrogens is 4. The van der Waals surface area contributed by atoms with Crippen molar-refractivity contribution >= 4 is 11.8 Å². The Morgan fingerprint density at radius 1 is 1.35 bits per heavy atom. The summed E-state index contributed by atoms with van der Waals surface area (Å²) in [6.07, 6.45) is 7.40. The zero-order valence-corrected chi connectivity index (χ0v) is 13.3. The Labute approximate surface area is 135 Å². The van der Waals surface area contributed by atoms with Gasteiger partial charge in [0.1, 0.15) is 11.4 Å². The predicted molar refractivity (Wildman–Crippen MR) is 85.2 cm³/mol. The second kappa shape index (κ2) is 7.21. The first-order chi connectivity index (χ1) is 11.3. The minimum Gasteiger partial charge on any atom is -0.462 e. The van der Waals surface area contributed by atoms with Gasteiger partial charge in [-0.3, -0.25) is 4.68 Å². The molecular weight excluding hydrogens is 294 g/mol. The van der Waals surface area contributed by atoms with Crippen LogP contribution in [0.25, 0.3) is 0 Å². The van der Waals surface area contributed by atoms with Crippen molar-refractivity contribution < 1.29 is 9.53 Å². The van der Waals surface area contributed by atoms with Crippen LogP contribution in [0.4, 0.5) is 5.82 Å². The quantitative estimate of drug-likeness (QED) is 0.783. The molecule has 0 saturated carbocycles. The fourth-order valence-corrected chi connectivity index (χ4v) is 2.94. The second-order valence-electron chi connectivity index (χ2n) is 5.65. The lowest BCUT2D eigenvalue weighted by Gasteiger charge is -2.33. The van der Waals surface area contributed by atoms with Crippen LogP contribution in [0, 0.1) is 5.92 Å². The van der Waals surface area contributed by atoms with Gasteiger partial charge >= 0.3 is 5.97 Å². The van der Waals surface area contributed by atoms with Crippen molar-refractivity contribution in [3.05, 3.63) is 36.3 Å². The van der Waals surface area contributed by atoms with Gasteiger partial charge in [0.15, 0.2) is 0 Å². The molecule has 1 aliphatic rings. The van der Waals surface area contributed by atoms with Crippen LogP contribution in [-0.4, -0.2) is 45.6 Å². The van der Waals surface area contributed by atoms with Crippen molar-refractivity contribution in [1.29, 1.82) is 0 Å². The van der Waals surface area contributed by atoms with E-state index in [0.717, 1.165) is 38.3 Å². The second-order valence-corrected chi connectivity index (χ2v) is 5.65. The summed E-state index contributed by atoms with van der Waals surface area (Å²) >= 11 is 0. The summed E-state index contributed by atoms with van der Waals surface area (Å²) in [4.78, 5) is 18.7. The zero-order valence-electron chi connectivity index (χ0n) is 13.3. The van der Waals surface area contributed by atoms with Crippen molar-refractivity contribution in [2.75, 3.05) is 24.6 Å². The van der Waals surface area contributed by atoms with Crippen LogP contribution in [0.5, 0.6) is 0 Å². The maximum Gasteiger partial charge on any atom is 0.341 e. The van der Waals surface area contributed by atoms with Crippen molar-refractivity contribution in [3.63, 3.8) is 0 Å². The number of anilines is 1. The van der Waals surface area contributed by atoms with Crippen LogP contribution in [0.3, 0.4) is 0 Å². The Balaban J connectivity index is 1.64. The third kappa shape index (κ3) is 3.67. The van der Waals surface area contributed by atoms with E-state index in [-0.39, 0.29) is 5.97 Å². The van der Waals surface area contributed by atoms with Gasteiger partial charge < -0.3 is 9.64 Å². The SMILES string of the molecule is CCOC(=O)c1cccnc1N1CCC(Cn2ccnn2)CC1. The lowest BCUT2D eigenvalue weighted by Crippen LogP contribution is -2.36.